The van der Waals surface area contributed by atoms with Crippen LogP contribution in [0.25, 0.3) is 0 Å². The number of nitrogens with zero attached hydrogens (tertiary/aromatic N) is 1. The lowest BCUT2D eigenvalue weighted by atomic mass is 9.88. The molecule has 0 aliphatic heterocycles. The van der Waals surface area contributed by atoms with Crippen LogP contribution in [-0.2, 0) is 16.1 Å². The number of amides is 2. The maximum atomic E-state index is 13.9. The fourth-order valence-electron chi connectivity index (χ4n) is 4.21. The minimum absolute atomic E-state index is 0.0905. The Hall–Kier alpha value is -2.82. The molecular formula is C29H32Cl2N2O2. The Bertz CT molecular complexity index is 1070. The Morgan fingerprint density at radius 3 is 1.97 bits per heavy atom. The summed E-state index contributed by atoms with van der Waals surface area (Å²) in [6.45, 7) is 4.77. The van der Waals surface area contributed by atoms with Crippen molar-refractivity contribution < 1.29 is 9.59 Å². The second kappa shape index (κ2) is 13.3. The Morgan fingerprint density at radius 1 is 0.857 bits per heavy atom. The molecule has 3 aromatic rings. The molecule has 0 aliphatic carbocycles. The molecule has 3 aromatic carbocycles. The smallest absolute Gasteiger partial charge is 0.242 e. The normalized spacial score (nSPS) is 11.8. The van der Waals surface area contributed by atoms with Gasteiger partial charge in [-0.25, -0.2) is 0 Å². The van der Waals surface area contributed by atoms with Crippen LogP contribution in [0.5, 0.6) is 0 Å². The van der Waals surface area contributed by atoms with Crippen molar-refractivity contribution in [1.29, 1.82) is 0 Å². The summed E-state index contributed by atoms with van der Waals surface area (Å²) in [6, 6.07) is 24.8. The van der Waals surface area contributed by atoms with Crippen molar-refractivity contribution in [2.45, 2.75) is 51.6 Å². The third kappa shape index (κ3) is 7.33. The molecule has 0 radical (unpaired) electrons. The highest BCUT2D eigenvalue weighted by atomic mass is 35.5. The molecule has 0 aromatic heterocycles. The van der Waals surface area contributed by atoms with Gasteiger partial charge >= 0.3 is 0 Å². The van der Waals surface area contributed by atoms with E-state index in [0.29, 0.717) is 23.0 Å². The van der Waals surface area contributed by atoms with Crippen molar-refractivity contribution in [3.8, 4) is 0 Å². The Kier molecular flexibility index (Phi) is 10.2. The molecule has 0 bridgehead atoms. The van der Waals surface area contributed by atoms with E-state index in [4.69, 9.17) is 23.2 Å². The van der Waals surface area contributed by atoms with Gasteiger partial charge in [-0.05, 0) is 41.7 Å². The van der Waals surface area contributed by atoms with Crippen LogP contribution in [-0.4, -0.2) is 29.3 Å². The standard InChI is InChI=1S/C29H32Cl2N2O2/c1-3-17-32-29(35)27(4-2)33(20-21-15-16-25(30)26(31)18-21)28(34)19-24(22-11-7-5-8-12-22)23-13-9-6-10-14-23/h5-16,18,24,27H,3-4,17,19-20H2,1-2H3,(H,32,35)/t27-/m1/s1. The molecule has 0 heterocycles. The topological polar surface area (TPSA) is 49.4 Å². The number of benzene rings is 3. The lowest BCUT2D eigenvalue weighted by molar-refractivity contribution is -0.141. The number of hydrogen-bond donors (Lipinski definition) is 1. The van der Waals surface area contributed by atoms with Crippen molar-refractivity contribution in [3.05, 3.63) is 106 Å². The van der Waals surface area contributed by atoms with E-state index in [1.165, 1.54) is 0 Å². The van der Waals surface area contributed by atoms with E-state index in [1.54, 1.807) is 17.0 Å². The highest BCUT2D eigenvalue weighted by molar-refractivity contribution is 6.42. The van der Waals surface area contributed by atoms with Gasteiger partial charge in [-0.3, -0.25) is 9.59 Å². The molecule has 4 nitrogen and oxygen atoms in total. The molecule has 0 saturated carbocycles. The van der Waals surface area contributed by atoms with E-state index in [0.717, 1.165) is 23.1 Å². The Morgan fingerprint density at radius 2 is 1.46 bits per heavy atom. The van der Waals surface area contributed by atoms with Crippen molar-refractivity contribution in [1.82, 2.24) is 10.2 Å². The molecule has 0 fully saturated rings. The first-order valence-corrected chi connectivity index (χ1v) is 12.8. The summed E-state index contributed by atoms with van der Waals surface area (Å²) >= 11 is 12.4. The maximum absolute atomic E-state index is 13.9. The van der Waals surface area contributed by atoms with Gasteiger partial charge in [0, 0.05) is 25.4 Å². The first kappa shape index (κ1) is 26.8. The average molecular weight is 511 g/mol. The summed E-state index contributed by atoms with van der Waals surface area (Å²) in [7, 11) is 0. The molecule has 184 valence electrons. The first-order valence-electron chi connectivity index (χ1n) is 12.1. The van der Waals surface area contributed by atoms with Gasteiger partial charge in [-0.1, -0.05) is 104 Å². The van der Waals surface area contributed by atoms with Crippen LogP contribution in [0.1, 0.15) is 55.7 Å². The highest BCUT2D eigenvalue weighted by Gasteiger charge is 2.30. The minimum atomic E-state index is -0.587. The third-order valence-corrected chi connectivity index (χ3v) is 6.79. The Labute approximate surface area is 218 Å². The fraction of sp³-hybridized carbons (Fsp3) is 0.310. The van der Waals surface area contributed by atoms with E-state index in [2.05, 4.69) is 5.32 Å². The zero-order valence-corrected chi connectivity index (χ0v) is 21.7. The largest absolute Gasteiger partial charge is 0.354 e. The molecule has 35 heavy (non-hydrogen) atoms. The molecule has 0 spiro atoms. The fourth-order valence-corrected chi connectivity index (χ4v) is 4.53. The van der Waals surface area contributed by atoms with Gasteiger partial charge < -0.3 is 10.2 Å². The molecule has 0 unspecified atom stereocenters. The van der Waals surface area contributed by atoms with E-state index >= 15 is 0 Å². The van der Waals surface area contributed by atoms with Gasteiger partial charge in [0.2, 0.25) is 11.8 Å². The third-order valence-electron chi connectivity index (χ3n) is 6.05. The number of carbonyl (C=O) groups excluding carboxylic acids is 2. The summed E-state index contributed by atoms with van der Waals surface area (Å²) in [5, 5.41) is 3.84. The SMILES string of the molecule is CCCNC(=O)[C@@H](CC)N(Cc1ccc(Cl)c(Cl)c1)C(=O)CC(c1ccccc1)c1ccccc1. The van der Waals surface area contributed by atoms with Crippen LogP contribution in [0.2, 0.25) is 10.0 Å². The van der Waals surface area contributed by atoms with Crippen molar-refractivity contribution >= 4 is 35.0 Å². The van der Waals surface area contributed by atoms with Gasteiger partial charge in [0.25, 0.3) is 0 Å². The number of halogens is 2. The lowest BCUT2D eigenvalue weighted by Crippen LogP contribution is -2.49. The van der Waals surface area contributed by atoms with Crippen molar-refractivity contribution in [2.75, 3.05) is 6.54 Å². The van der Waals surface area contributed by atoms with Crippen LogP contribution in [0.3, 0.4) is 0 Å². The highest BCUT2D eigenvalue weighted by Crippen LogP contribution is 2.30. The molecule has 0 aliphatic rings. The molecule has 1 atom stereocenters. The molecule has 6 heteroatoms. The summed E-state index contributed by atoms with van der Waals surface area (Å²) in [6.07, 6.45) is 1.57. The zero-order valence-electron chi connectivity index (χ0n) is 20.2. The summed E-state index contributed by atoms with van der Waals surface area (Å²) < 4.78 is 0. The average Bonchev–Trinajstić information content (AvgIpc) is 2.88. The van der Waals surface area contributed by atoms with Gasteiger partial charge in [0.15, 0.2) is 0 Å². The molecule has 2 amide bonds. The Balaban J connectivity index is 1.95. The quantitative estimate of drug-likeness (QED) is 0.306. The molecule has 3 rings (SSSR count). The van der Waals surface area contributed by atoms with E-state index in [-0.39, 0.29) is 30.7 Å². The second-order valence-electron chi connectivity index (χ2n) is 8.56. The van der Waals surface area contributed by atoms with E-state index in [1.807, 2.05) is 80.6 Å². The number of rotatable bonds is 11. The molecule has 0 saturated heterocycles. The monoisotopic (exact) mass is 510 g/mol. The zero-order chi connectivity index (χ0) is 25.2. The van der Waals surface area contributed by atoms with E-state index in [9.17, 15) is 9.59 Å². The summed E-state index contributed by atoms with van der Waals surface area (Å²) in [4.78, 5) is 28.7. The first-order chi connectivity index (χ1) is 16.9. The van der Waals surface area contributed by atoms with Crippen LogP contribution < -0.4 is 5.32 Å². The van der Waals surface area contributed by atoms with Crippen LogP contribution in [0.15, 0.2) is 78.9 Å². The van der Waals surface area contributed by atoms with Crippen LogP contribution in [0.4, 0.5) is 0 Å². The second-order valence-corrected chi connectivity index (χ2v) is 9.38. The predicted octanol–water partition coefficient (Wildman–Crippen LogP) is 6.85. The lowest BCUT2D eigenvalue weighted by Gasteiger charge is -2.32. The van der Waals surface area contributed by atoms with Gasteiger partial charge in [0.1, 0.15) is 6.04 Å². The minimum Gasteiger partial charge on any atom is -0.354 e. The summed E-state index contributed by atoms with van der Waals surface area (Å²) in [5.41, 5.74) is 2.94. The van der Waals surface area contributed by atoms with Gasteiger partial charge in [-0.15, -0.1) is 0 Å². The summed E-state index contributed by atoms with van der Waals surface area (Å²) in [5.74, 6) is -0.358. The van der Waals surface area contributed by atoms with Crippen LogP contribution >= 0.6 is 23.2 Å². The number of nitrogens with one attached hydrogen (secondary N) is 1. The molecular weight excluding hydrogens is 479 g/mol. The number of carbonyl (C=O) groups is 2. The van der Waals surface area contributed by atoms with E-state index < -0.39 is 6.04 Å². The maximum Gasteiger partial charge on any atom is 0.242 e. The van der Waals surface area contributed by atoms with Crippen molar-refractivity contribution in [2.24, 2.45) is 0 Å². The van der Waals surface area contributed by atoms with Gasteiger partial charge in [0.05, 0.1) is 10.0 Å². The van der Waals surface area contributed by atoms with Gasteiger partial charge in [-0.2, -0.15) is 0 Å². The number of hydrogen-bond acceptors (Lipinski definition) is 2. The van der Waals surface area contributed by atoms with Crippen molar-refractivity contribution in [3.63, 3.8) is 0 Å². The predicted molar refractivity (Wildman–Crippen MR) is 144 cm³/mol. The molecule has 1 N–H and O–H groups in total. The van der Waals surface area contributed by atoms with Crippen LogP contribution in [0, 0.1) is 0 Å².